The van der Waals surface area contributed by atoms with Gasteiger partial charge in [-0.3, -0.25) is 14.9 Å². The first-order valence-corrected chi connectivity index (χ1v) is 8.99. The molecule has 1 N–H and O–H groups in total. The van der Waals surface area contributed by atoms with Crippen LogP contribution in [0.1, 0.15) is 36.5 Å². The van der Waals surface area contributed by atoms with Gasteiger partial charge in [0.1, 0.15) is 5.56 Å². The monoisotopic (exact) mass is 399 g/mol. The van der Waals surface area contributed by atoms with E-state index in [0.29, 0.717) is 25.4 Å². The summed E-state index contributed by atoms with van der Waals surface area (Å²) in [6, 6.07) is 2.70. The SMILES string of the molecule is CCOc1cc([N+](=O)[O-])c(C(=O)N2CCC3(CCNC3)CC2)cc1OC.Cl. The number of piperidine rings is 1. The third-order valence-corrected chi connectivity index (χ3v) is 5.45. The molecule has 3 rings (SSSR count). The maximum absolute atomic E-state index is 13.0. The molecule has 0 saturated carbocycles. The molecule has 1 amide bonds. The zero-order chi connectivity index (χ0) is 18.7. The van der Waals surface area contributed by atoms with Crippen LogP contribution in [0, 0.1) is 15.5 Å². The molecule has 27 heavy (non-hydrogen) atoms. The van der Waals surface area contributed by atoms with E-state index in [4.69, 9.17) is 9.47 Å². The lowest BCUT2D eigenvalue weighted by Crippen LogP contribution is -2.44. The minimum Gasteiger partial charge on any atom is -0.493 e. The van der Waals surface area contributed by atoms with E-state index < -0.39 is 4.92 Å². The Hall–Kier alpha value is -2.06. The van der Waals surface area contributed by atoms with Gasteiger partial charge in [0.25, 0.3) is 11.6 Å². The third-order valence-electron chi connectivity index (χ3n) is 5.45. The minimum atomic E-state index is -0.540. The zero-order valence-electron chi connectivity index (χ0n) is 15.7. The maximum Gasteiger partial charge on any atom is 0.286 e. The lowest BCUT2D eigenvalue weighted by molar-refractivity contribution is -0.385. The topological polar surface area (TPSA) is 93.9 Å². The molecule has 9 heteroatoms. The fourth-order valence-corrected chi connectivity index (χ4v) is 3.88. The number of nitro benzene ring substituents is 1. The summed E-state index contributed by atoms with van der Waals surface area (Å²) in [6.07, 6.45) is 2.98. The van der Waals surface area contributed by atoms with Crippen molar-refractivity contribution in [2.45, 2.75) is 26.2 Å². The van der Waals surface area contributed by atoms with Gasteiger partial charge >= 0.3 is 0 Å². The number of carbonyl (C=O) groups is 1. The molecule has 0 atom stereocenters. The van der Waals surface area contributed by atoms with Gasteiger partial charge in [0.2, 0.25) is 0 Å². The molecule has 0 unspecified atom stereocenters. The number of nitrogens with zero attached hydrogens (tertiary/aromatic N) is 2. The van der Waals surface area contributed by atoms with Crippen LogP contribution in [0.2, 0.25) is 0 Å². The highest BCUT2D eigenvalue weighted by Gasteiger charge is 2.39. The summed E-state index contributed by atoms with van der Waals surface area (Å²) in [6.45, 7) is 5.39. The van der Waals surface area contributed by atoms with E-state index in [1.54, 1.807) is 11.8 Å². The van der Waals surface area contributed by atoms with Crippen LogP contribution in [0.4, 0.5) is 5.69 Å². The number of rotatable bonds is 5. The van der Waals surface area contributed by atoms with Crippen molar-refractivity contribution in [2.75, 3.05) is 39.9 Å². The number of halogens is 1. The Morgan fingerprint density at radius 3 is 2.52 bits per heavy atom. The molecule has 0 aromatic heterocycles. The van der Waals surface area contributed by atoms with Gasteiger partial charge in [0.15, 0.2) is 11.5 Å². The van der Waals surface area contributed by atoms with Gasteiger partial charge in [-0.05, 0) is 38.1 Å². The largest absolute Gasteiger partial charge is 0.493 e. The highest BCUT2D eigenvalue weighted by molar-refractivity contribution is 5.99. The average molecular weight is 400 g/mol. The van der Waals surface area contributed by atoms with E-state index in [-0.39, 0.29) is 40.7 Å². The number of hydrogen-bond donors (Lipinski definition) is 1. The average Bonchev–Trinajstić information content (AvgIpc) is 3.09. The summed E-state index contributed by atoms with van der Waals surface area (Å²) in [5.74, 6) is 0.279. The molecule has 2 aliphatic heterocycles. The second-order valence-corrected chi connectivity index (χ2v) is 6.93. The summed E-state index contributed by atoms with van der Waals surface area (Å²) in [5, 5.41) is 14.9. The zero-order valence-corrected chi connectivity index (χ0v) is 16.5. The predicted molar refractivity (Wildman–Crippen MR) is 103 cm³/mol. The normalized spacial score (nSPS) is 18.1. The fourth-order valence-electron chi connectivity index (χ4n) is 3.88. The number of hydrogen-bond acceptors (Lipinski definition) is 6. The molecule has 0 aliphatic carbocycles. The Morgan fingerprint density at radius 1 is 1.30 bits per heavy atom. The third kappa shape index (κ3) is 4.27. The molecule has 0 radical (unpaired) electrons. The standard InChI is InChI=1S/C18H25N3O5.ClH/c1-3-26-16-11-14(21(23)24)13(10-15(16)25-2)17(22)20-8-5-18(6-9-20)4-7-19-12-18;/h10-11,19H,3-9,12H2,1-2H3;1H. The van der Waals surface area contributed by atoms with Crippen LogP contribution < -0.4 is 14.8 Å². The quantitative estimate of drug-likeness (QED) is 0.604. The second-order valence-electron chi connectivity index (χ2n) is 6.93. The number of amides is 1. The molecule has 1 aromatic rings. The number of likely N-dealkylation sites (tertiary alicyclic amines) is 1. The molecule has 2 aliphatic rings. The van der Waals surface area contributed by atoms with Crippen molar-refractivity contribution in [3.05, 3.63) is 27.8 Å². The second kappa shape index (κ2) is 8.75. The Kier molecular flexibility index (Phi) is 6.89. The van der Waals surface area contributed by atoms with Gasteiger partial charge in [-0.25, -0.2) is 0 Å². The predicted octanol–water partition coefficient (Wildman–Crippen LogP) is 2.64. The Morgan fingerprint density at radius 2 is 2.00 bits per heavy atom. The Balaban J connectivity index is 0.00000261. The van der Waals surface area contributed by atoms with E-state index >= 15 is 0 Å². The van der Waals surface area contributed by atoms with Crippen molar-refractivity contribution in [3.8, 4) is 11.5 Å². The molecular formula is C18H26ClN3O5. The molecule has 2 fully saturated rings. The Labute approximate surface area is 164 Å². The summed E-state index contributed by atoms with van der Waals surface area (Å²) in [4.78, 5) is 25.6. The molecule has 8 nitrogen and oxygen atoms in total. The summed E-state index contributed by atoms with van der Waals surface area (Å²) >= 11 is 0. The van der Waals surface area contributed by atoms with Gasteiger partial charge < -0.3 is 19.7 Å². The van der Waals surface area contributed by atoms with Crippen molar-refractivity contribution >= 4 is 24.0 Å². The van der Waals surface area contributed by atoms with Gasteiger partial charge in [-0.15, -0.1) is 12.4 Å². The first-order chi connectivity index (χ1) is 12.5. The van der Waals surface area contributed by atoms with Gasteiger partial charge in [-0.2, -0.15) is 0 Å². The van der Waals surface area contributed by atoms with Crippen molar-refractivity contribution in [3.63, 3.8) is 0 Å². The first-order valence-electron chi connectivity index (χ1n) is 8.99. The van der Waals surface area contributed by atoms with Crippen molar-refractivity contribution in [1.29, 1.82) is 0 Å². The van der Waals surface area contributed by atoms with Crippen LogP contribution in [0.3, 0.4) is 0 Å². The Bertz CT molecular complexity index is 696. The highest BCUT2D eigenvalue weighted by atomic mass is 35.5. The molecule has 2 saturated heterocycles. The first kappa shape index (κ1) is 21.2. The number of carbonyl (C=O) groups excluding carboxylic acids is 1. The number of methoxy groups -OCH3 is 1. The van der Waals surface area contributed by atoms with Crippen molar-refractivity contribution in [2.24, 2.45) is 5.41 Å². The number of nitro groups is 1. The number of benzene rings is 1. The lowest BCUT2D eigenvalue weighted by Gasteiger charge is -2.38. The van der Waals surface area contributed by atoms with Crippen molar-refractivity contribution < 1.29 is 19.2 Å². The number of ether oxygens (including phenoxy) is 2. The van der Waals surface area contributed by atoms with Crippen LogP contribution in [-0.4, -0.2) is 55.6 Å². The van der Waals surface area contributed by atoms with Crippen molar-refractivity contribution in [1.82, 2.24) is 10.2 Å². The fraction of sp³-hybridized carbons (Fsp3) is 0.611. The summed E-state index contributed by atoms with van der Waals surface area (Å²) in [7, 11) is 1.45. The van der Waals surface area contributed by atoms with Crippen LogP contribution >= 0.6 is 12.4 Å². The van der Waals surface area contributed by atoms with Gasteiger partial charge in [0, 0.05) is 25.7 Å². The number of nitrogens with one attached hydrogen (secondary N) is 1. The summed E-state index contributed by atoms with van der Waals surface area (Å²) < 4.78 is 10.7. The summed E-state index contributed by atoms with van der Waals surface area (Å²) in [5.41, 5.74) is 0.0806. The van der Waals surface area contributed by atoms with Crippen LogP contribution in [-0.2, 0) is 0 Å². The molecule has 150 valence electrons. The minimum absolute atomic E-state index is 0. The van der Waals surface area contributed by atoms with E-state index in [1.165, 1.54) is 19.2 Å². The van der Waals surface area contributed by atoms with E-state index in [1.807, 2.05) is 0 Å². The maximum atomic E-state index is 13.0. The molecule has 2 heterocycles. The highest BCUT2D eigenvalue weighted by Crippen LogP contribution is 2.39. The molecule has 1 aromatic carbocycles. The van der Waals surface area contributed by atoms with E-state index in [9.17, 15) is 14.9 Å². The molecule has 1 spiro atoms. The van der Waals surface area contributed by atoms with Gasteiger partial charge in [0.05, 0.1) is 24.7 Å². The van der Waals surface area contributed by atoms with E-state index in [2.05, 4.69) is 5.32 Å². The van der Waals surface area contributed by atoms with Crippen LogP contribution in [0.15, 0.2) is 12.1 Å². The van der Waals surface area contributed by atoms with Gasteiger partial charge in [-0.1, -0.05) is 0 Å². The smallest absolute Gasteiger partial charge is 0.286 e. The molecular weight excluding hydrogens is 374 g/mol. The van der Waals surface area contributed by atoms with Crippen LogP contribution in [0.5, 0.6) is 11.5 Å². The van der Waals surface area contributed by atoms with E-state index in [0.717, 1.165) is 32.4 Å². The lowest BCUT2D eigenvalue weighted by atomic mass is 9.78. The van der Waals surface area contributed by atoms with Crippen LogP contribution in [0.25, 0.3) is 0 Å². The molecule has 0 bridgehead atoms.